The molecule has 2 aliphatic rings. The van der Waals surface area contributed by atoms with Crippen molar-refractivity contribution in [1.82, 2.24) is 4.90 Å². The van der Waals surface area contributed by atoms with Gasteiger partial charge in [0.25, 0.3) is 11.7 Å². The molecule has 162 valence electrons. The van der Waals surface area contributed by atoms with Crippen LogP contribution >= 0.6 is 0 Å². The molecule has 2 aromatic rings. The summed E-state index contributed by atoms with van der Waals surface area (Å²) in [5, 5.41) is 11.2. The Morgan fingerprint density at radius 3 is 2.58 bits per heavy atom. The zero-order valence-corrected chi connectivity index (χ0v) is 18.4. The number of benzene rings is 2. The van der Waals surface area contributed by atoms with Crippen molar-refractivity contribution in [3.63, 3.8) is 0 Å². The number of aliphatic hydroxyl groups excluding tert-OH is 1. The number of ketones is 1. The minimum Gasteiger partial charge on any atom is -0.507 e. The number of carbonyl (C=O) groups is 2. The molecule has 1 amide bonds. The average Bonchev–Trinajstić information content (AvgIpc) is 3.34. The molecule has 0 saturated carbocycles. The maximum Gasteiger partial charge on any atom is 0.295 e. The smallest absolute Gasteiger partial charge is 0.295 e. The van der Waals surface area contributed by atoms with Crippen LogP contribution in [0.15, 0.2) is 48.0 Å². The van der Waals surface area contributed by atoms with Gasteiger partial charge >= 0.3 is 0 Å². The highest BCUT2D eigenvalue weighted by atomic mass is 16.5. The third-order valence-electron chi connectivity index (χ3n) is 6.17. The zero-order valence-electron chi connectivity index (χ0n) is 18.4. The Morgan fingerprint density at radius 1 is 1.16 bits per heavy atom. The van der Waals surface area contributed by atoms with E-state index in [2.05, 4.69) is 20.8 Å². The van der Waals surface area contributed by atoms with E-state index in [4.69, 9.17) is 4.74 Å². The molecule has 0 radical (unpaired) electrons. The summed E-state index contributed by atoms with van der Waals surface area (Å²) in [4.78, 5) is 27.6. The van der Waals surface area contributed by atoms with E-state index in [1.54, 1.807) is 11.0 Å². The quantitative estimate of drug-likeness (QED) is 0.408. The first-order valence-electron chi connectivity index (χ1n) is 11.1. The highest BCUT2D eigenvalue weighted by molar-refractivity contribution is 6.46. The normalized spacial score (nSPS) is 19.7. The van der Waals surface area contributed by atoms with Gasteiger partial charge in [0.1, 0.15) is 11.5 Å². The molecule has 5 heteroatoms. The number of carbonyl (C=O) groups excluding carboxylic acids is 2. The van der Waals surface area contributed by atoms with Crippen molar-refractivity contribution >= 4 is 17.4 Å². The van der Waals surface area contributed by atoms with Gasteiger partial charge in [-0.15, -0.1) is 0 Å². The van der Waals surface area contributed by atoms with Gasteiger partial charge in [0.15, 0.2) is 0 Å². The fraction of sp³-hybridized carbons (Fsp3) is 0.385. The lowest BCUT2D eigenvalue weighted by Gasteiger charge is -2.25. The minimum atomic E-state index is -0.622. The summed E-state index contributed by atoms with van der Waals surface area (Å²) in [6, 6.07) is 12.8. The molecule has 4 rings (SSSR count). The molecular weight excluding hydrogens is 390 g/mol. The predicted molar refractivity (Wildman–Crippen MR) is 120 cm³/mol. The number of likely N-dealkylation sites (tertiary alicyclic amines) is 1. The van der Waals surface area contributed by atoms with Crippen molar-refractivity contribution < 1.29 is 19.4 Å². The summed E-state index contributed by atoms with van der Waals surface area (Å²) in [7, 11) is 0. The molecule has 2 heterocycles. The first-order chi connectivity index (χ1) is 14.9. The fourth-order valence-corrected chi connectivity index (χ4v) is 4.34. The standard InChI is InChI=1S/C26H29NO4/c1-4-5-13-27-23(18-8-6-17(7-9-18)16(2)3)22(25(29)26(27)30)24(28)20-10-11-21-19(15-20)12-14-31-21/h6-11,15-16,23,28H,4-5,12-14H2,1-3H3/b24-22-. The van der Waals surface area contributed by atoms with Gasteiger partial charge in [0, 0.05) is 18.5 Å². The fourth-order valence-electron chi connectivity index (χ4n) is 4.34. The predicted octanol–water partition coefficient (Wildman–Crippen LogP) is 4.97. The van der Waals surface area contributed by atoms with Gasteiger partial charge in [-0.05, 0) is 47.2 Å². The van der Waals surface area contributed by atoms with Crippen molar-refractivity contribution in [3.8, 4) is 5.75 Å². The molecule has 1 atom stereocenters. The maximum atomic E-state index is 13.1. The SMILES string of the molecule is CCCCN1C(=O)C(=O)/C(=C(\O)c2ccc3c(c2)CCO3)C1c1ccc(C(C)C)cc1. The van der Waals surface area contributed by atoms with Crippen LogP contribution in [0.4, 0.5) is 0 Å². The Labute approximate surface area is 183 Å². The molecule has 0 spiro atoms. The van der Waals surface area contributed by atoms with Crippen LogP contribution in [-0.2, 0) is 16.0 Å². The van der Waals surface area contributed by atoms with E-state index < -0.39 is 17.7 Å². The van der Waals surface area contributed by atoms with Crippen LogP contribution < -0.4 is 4.74 Å². The van der Waals surface area contributed by atoms with E-state index in [9.17, 15) is 14.7 Å². The number of rotatable bonds is 6. The summed E-state index contributed by atoms with van der Waals surface area (Å²) >= 11 is 0. The lowest BCUT2D eigenvalue weighted by atomic mass is 9.92. The molecule has 1 fully saturated rings. The second-order valence-electron chi connectivity index (χ2n) is 8.59. The van der Waals surface area contributed by atoms with E-state index in [-0.39, 0.29) is 11.3 Å². The Balaban J connectivity index is 1.82. The van der Waals surface area contributed by atoms with Crippen molar-refractivity contribution in [2.75, 3.05) is 13.2 Å². The monoisotopic (exact) mass is 419 g/mol. The second-order valence-corrected chi connectivity index (χ2v) is 8.59. The van der Waals surface area contributed by atoms with Gasteiger partial charge in [-0.1, -0.05) is 51.5 Å². The Hall–Kier alpha value is -3.08. The number of fused-ring (bicyclic) bond motifs is 1. The number of hydrogen-bond acceptors (Lipinski definition) is 4. The highest BCUT2D eigenvalue weighted by Gasteiger charge is 2.45. The molecule has 2 aliphatic heterocycles. The first kappa shape index (κ1) is 21.2. The number of aliphatic hydroxyl groups is 1. The van der Waals surface area contributed by atoms with Crippen LogP contribution in [0, 0.1) is 0 Å². The van der Waals surface area contributed by atoms with Gasteiger partial charge in [-0.25, -0.2) is 0 Å². The summed E-state index contributed by atoms with van der Waals surface area (Å²) < 4.78 is 5.55. The molecule has 1 saturated heterocycles. The summed E-state index contributed by atoms with van der Waals surface area (Å²) in [5.74, 6) is -0.0967. The number of hydrogen-bond donors (Lipinski definition) is 1. The topological polar surface area (TPSA) is 66.8 Å². The molecule has 1 N–H and O–H groups in total. The highest BCUT2D eigenvalue weighted by Crippen LogP contribution is 2.40. The van der Waals surface area contributed by atoms with Gasteiger partial charge in [-0.2, -0.15) is 0 Å². The van der Waals surface area contributed by atoms with Crippen molar-refractivity contribution in [2.24, 2.45) is 0 Å². The molecule has 5 nitrogen and oxygen atoms in total. The van der Waals surface area contributed by atoms with Crippen LogP contribution in [0.5, 0.6) is 5.75 Å². The number of amides is 1. The Kier molecular flexibility index (Phi) is 5.86. The molecule has 0 aliphatic carbocycles. The second kappa shape index (κ2) is 8.58. The Morgan fingerprint density at radius 2 is 1.90 bits per heavy atom. The summed E-state index contributed by atoms with van der Waals surface area (Å²) in [5.41, 5.74) is 3.74. The van der Waals surface area contributed by atoms with E-state index in [1.165, 1.54) is 5.56 Å². The molecular formula is C26H29NO4. The first-order valence-corrected chi connectivity index (χ1v) is 11.1. The van der Waals surface area contributed by atoms with E-state index >= 15 is 0 Å². The van der Waals surface area contributed by atoms with Gasteiger partial charge in [0.05, 0.1) is 18.2 Å². The van der Waals surface area contributed by atoms with Crippen LogP contribution in [0.3, 0.4) is 0 Å². The summed E-state index contributed by atoms with van der Waals surface area (Å²) in [6.45, 7) is 7.39. The largest absolute Gasteiger partial charge is 0.507 e. The van der Waals surface area contributed by atoms with Gasteiger partial charge < -0.3 is 14.7 Å². The number of Topliss-reactive ketones (excluding diaryl/α,β-unsaturated/α-hetero) is 1. The maximum absolute atomic E-state index is 13.1. The Bertz CT molecular complexity index is 1040. The number of nitrogens with zero attached hydrogens (tertiary/aromatic N) is 1. The van der Waals surface area contributed by atoms with Crippen molar-refractivity contribution in [3.05, 3.63) is 70.3 Å². The van der Waals surface area contributed by atoms with E-state index in [0.717, 1.165) is 36.1 Å². The third-order valence-corrected chi connectivity index (χ3v) is 6.17. The number of unbranched alkanes of at least 4 members (excludes halogenated alkanes) is 1. The number of ether oxygens (including phenoxy) is 1. The lowest BCUT2D eigenvalue weighted by molar-refractivity contribution is -0.139. The van der Waals surface area contributed by atoms with Gasteiger partial charge in [-0.3, -0.25) is 9.59 Å². The van der Waals surface area contributed by atoms with Crippen LogP contribution in [0.1, 0.15) is 67.8 Å². The molecule has 1 unspecified atom stereocenters. The van der Waals surface area contributed by atoms with Gasteiger partial charge in [0.2, 0.25) is 0 Å². The van der Waals surface area contributed by atoms with E-state index in [1.807, 2.05) is 36.4 Å². The van der Waals surface area contributed by atoms with Crippen molar-refractivity contribution in [2.45, 2.75) is 52.0 Å². The minimum absolute atomic E-state index is 0.120. The van der Waals surface area contributed by atoms with Crippen molar-refractivity contribution in [1.29, 1.82) is 0 Å². The van der Waals surface area contributed by atoms with Crippen LogP contribution in [-0.4, -0.2) is 34.8 Å². The molecule has 31 heavy (non-hydrogen) atoms. The third kappa shape index (κ3) is 3.85. The summed E-state index contributed by atoms with van der Waals surface area (Å²) in [6.07, 6.45) is 2.47. The zero-order chi connectivity index (χ0) is 22.1. The van der Waals surface area contributed by atoms with Crippen LogP contribution in [0.2, 0.25) is 0 Å². The lowest BCUT2D eigenvalue weighted by Crippen LogP contribution is -2.30. The molecule has 0 bridgehead atoms. The van der Waals surface area contributed by atoms with E-state index in [0.29, 0.717) is 24.6 Å². The molecule has 0 aromatic heterocycles. The van der Waals surface area contributed by atoms with Crippen LogP contribution in [0.25, 0.3) is 5.76 Å². The molecule has 2 aromatic carbocycles. The average molecular weight is 420 g/mol.